The lowest BCUT2D eigenvalue weighted by Gasteiger charge is -2.23. The van der Waals surface area contributed by atoms with Crippen LogP contribution >= 0.6 is 0 Å². The Kier molecular flexibility index (Phi) is 8.88. The van der Waals surface area contributed by atoms with E-state index in [4.69, 9.17) is 9.47 Å². The quantitative estimate of drug-likeness (QED) is 0.197. The molecule has 6 heteroatoms. The topological polar surface area (TPSA) is 59.7 Å². The molecule has 0 unspecified atom stereocenters. The summed E-state index contributed by atoms with van der Waals surface area (Å²) in [5.41, 5.74) is 4.19. The van der Waals surface area contributed by atoms with E-state index in [1.54, 1.807) is 44.2 Å². The Morgan fingerprint density at radius 2 is 1.53 bits per heavy atom. The molecule has 0 radical (unpaired) electrons. The lowest BCUT2D eigenvalue weighted by Crippen LogP contribution is -2.35. The van der Waals surface area contributed by atoms with Crippen LogP contribution in [0.3, 0.4) is 0 Å². The van der Waals surface area contributed by atoms with Gasteiger partial charge in [-0.3, -0.25) is 9.59 Å². The predicted molar refractivity (Wildman–Crippen MR) is 148 cm³/mol. The normalized spacial score (nSPS) is 10.6. The molecule has 194 valence electrons. The van der Waals surface area contributed by atoms with Gasteiger partial charge in [-0.25, -0.2) is 4.57 Å². The average Bonchev–Trinajstić information content (AvgIpc) is 2.96. The fourth-order valence-electron chi connectivity index (χ4n) is 4.50. The Morgan fingerprint density at radius 1 is 0.842 bits per heavy atom. The molecule has 0 atom stereocenters. The standard InChI is InChI=1S/C32H33N2O4/c1-24(35)29-23-33(22-25-11-6-4-7-12-25)20-18-26(29)13-10-19-34(28-14-8-5-9-15-28)32(36)27-16-17-30(37-2)31(21-27)38-3/h4-9,11-12,14-18,20-21,23H,10,13,19,22H2,1-3H3/q+1. The maximum absolute atomic E-state index is 13.6. The molecule has 1 amide bonds. The summed E-state index contributed by atoms with van der Waals surface area (Å²) >= 11 is 0. The molecule has 0 aliphatic rings. The second-order valence-corrected chi connectivity index (χ2v) is 9.06. The van der Waals surface area contributed by atoms with Crippen LogP contribution in [0.15, 0.2) is 97.3 Å². The van der Waals surface area contributed by atoms with Gasteiger partial charge in [0.25, 0.3) is 5.91 Å². The summed E-state index contributed by atoms with van der Waals surface area (Å²) in [6.45, 7) is 2.79. The van der Waals surface area contributed by atoms with Crippen molar-refractivity contribution in [2.45, 2.75) is 26.3 Å². The molecule has 0 bridgehead atoms. The first-order valence-corrected chi connectivity index (χ1v) is 12.7. The molecule has 0 aliphatic carbocycles. The number of anilines is 1. The predicted octanol–water partition coefficient (Wildman–Crippen LogP) is 5.52. The highest BCUT2D eigenvalue weighted by molar-refractivity contribution is 6.06. The number of amides is 1. The van der Waals surface area contributed by atoms with Gasteiger partial charge >= 0.3 is 0 Å². The first-order valence-electron chi connectivity index (χ1n) is 12.7. The van der Waals surface area contributed by atoms with Crippen LogP contribution in [0.2, 0.25) is 0 Å². The van der Waals surface area contributed by atoms with Gasteiger partial charge in [0.05, 0.1) is 19.8 Å². The van der Waals surface area contributed by atoms with E-state index in [1.165, 1.54) is 5.56 Å². The summed E-state index contributed by atoms with van der Waals surface area (Å²) in [5.74, 6) is 0.979. The molecule has 0 saturated carbocycles. The van der Waals surface area contributed by atoms with E-state index in [9.17, 15) is 9.59 Å². The molecular weight excluding hydrogens is 476 g/mol. The zero-order valence-electron chi connectivity index (χ0n) is 22.1. The number of ketones is 1. The third-order valence-electron chi connectivity index (χ3n) is 6.47. The molecule has 0 spiro atoms. The third-order valence-corrected chi connectivity index (χ3v) is 6.47. The largest absolute Gasteiger partial charge is 0.493 e. The van der Waals surface area contributed by atoms with E-state index in [0.717, 1.165) is 11.3 Å². The minimum absolute atomic E-state index is 0.0312. The third kappa shape index (κ3) is 6.45. The number of Topliss-reactive ketones (excluding diaryl/α,β-unsaturated/α-hetero) is 1. The van der Waals surface area contributed by atoms with Crippen LogP contribution in [0.5, 0.6) is 11.5 Å². The van der Waals surface area contributed by atoms with Crippen molar-refractivity contribution in [1.82, 2.24) is 0 Å². The number of aryl methyl sites for hydroxylation is 1. The van der Waals surface area contributed by atoms with Gasteiger partial charge in [0.15, 0.2) is 36.2 Å². The van der Waals surface area contributed by atoms with Crippen LogP contribution in [-0.2, 0) is 13.0 Å². The number of rotatable bonds is 11. The second kappa shape index (κ2) is 12.7. The first kappa shape index (κ1) is 26.6. The summed E-state index contributed by atoms with van der Waals surface area (Å²) in [6.07, 6.45) is 5.30. The van der Waals surface area contributed by atoms with Crippen LogP contribution < -0.4 is 18.9 Å². The van der Waals surface area contributed by atoms with Crippen molar-refractivity contribution < 1.29 is 23.6 Å². The SMILES string of the molecule is COc1ccc(C(=O)N(CCCc2cc[n+](Cc3ccccc3)cc2C(C)=O)c2ccccc2)cc1OC. The number of para-hydroxylation sites is 1. The van der Waals surface area contributed by atoms with Crippen molar-refractivity contribution in [3.05, 3.63) is 120 Å². The molecule has 0 aliphatic heterocycles. The van der Waals surface area contributed by atoms with Gasteiger partial charge in [0.2, 0.25) is 0 Å². The molecule has 0 fully saturated rings. The molecule has 38 heavy (non-hydrogen) atoms. The van der Waals surface area contributed by atoms with Crippen LogP contribution in [0.4, 0.5) is 5.69 Å². The number of aromatic nitrogens is 1. The van der Waals surface area contributed by atoms with Crippen molar-refractivity contribution in [3.8, 4) is 11.5 Å². The van der Waals surface area contributed by atoms with E-state index in [-0.39, 0.29) is 11.7 Å². The van der Waals surface area contributed by atoms with Crippen LogP contribution in [0.25, 0.3) is 0 Å². The number of pyridine rings is 1. The van der Waals surface area contributed by atoms with Crippen molar-refractivity contribution in [2.24, 2.45) is 0 Å². The zero-order valence-corrected chi connectivity index (χ0v) is 22.1. The van der Waals surface area contributed by atoms with Gasteiger partial charge in [0, 0.05) is 29.4 Å². The molecule has 0 N–H and O–H groups in total. The number of nitrogens with zero attached hydrogens (tertiary/aromatic N) is 2. The van der Waals surface area contributed by atoms with E-state index < -0.39 is 0 Å². The summed E-state index contributed by atoms with van der Waals surface area (Å²) in [7, 11) is 3.12. The van der Waals surface area contributed by atoms with Crippen molar-refractivity contribution in [1.29, 1.82) is 0 Å². The number of ether oxygens (including phenoxy) is 2. The van der Waals surface area contributed by atoms with Gasteiger partial charge in [-0.15, -0.1) is 0 Å². The molecule has 1 aromatic heterocycles. The Morgan fingerprint density at radius 3 is 2.18 bits per heavy atom. The van der Waals surface area contributed by atoms with Crippen molar-refractivity contribution >= 4 is 17.4 Å². The number of methoxy groups -OCH3 is 2. The molecule has 6 nitrogen and oxygen atoms in total. The number of carbonyl (C=O) groups is 2. The molecule has 1 heterocycles. The summed E-state index contributed by atoms with van der Waals surface area (Å²) in [4.78, 5) is 27.9. The van der Waals surface area contributed by atoms with E-state index in [0.29, 0.717) is 48.6 Å². The Balaban J connectivity index is 1.52. The van der Waals surface area contributed by atoms with Crippen LogP contribution in [0.1, 0.15) is 45.2 Å². The van der Waals surface area contributed by atoms with Gasteiger partial charge in [-0.2, -0.15) is 0 Å². The summed E-state index contributed by atoms with van der Waals surface area (Å²) < 4.78 is 12.8. The summed E-state index contributed by atoms with van der Waals surface area (Å²) in [6, 6.07) is 27.0. The lowest BCUT2D eigenvalue weighted by atomic mass is 10.0. The Labute approximate surface area is 224 Å². The summed E-state index contributed by atoms with van der Waals surface area (Å²) in [5, 5.41) is 0. The number of carbonyl (C=O) groups excluding carboxylic acids is 2. The number of hydrogen-bond acceptors (Lipinski definition) is 4. The van der Waals surface area contributed by atoms with E-state index in [2.05, 4.69) is 12.1 Å². The first-order chi connectivity index (χ1) is 18.5. The number of hydrogen-bond donors (Lipinski definition) is 0. The van der Waals surface area contributed by atoms with E-state index in [1.807, 2.05) is 71.6 Å². The lowest BCUT2D eigenvalue weighted by molar-refractivity contribution is -0.688. The Hall–Kier alpha value is -4.45. The monoisotopic (exact) mass is 509 g/mol. The molecule has 4 aromatic rings. The van der Waals surface area contributed by atoms with Crippen molar-refractivity contribution in [2.75, 3.05) is 25.7 Å². The minimum Gasteiger partial charge on any atom is -0.493 e. The van der Waals surface area contributed by atoms with Gasteiger partial charge in [-0.1, -0.05) is 48.5 Å². The molecule has 0 saturated heterocycles. The van der Waals surface area contributed by atoms with E-state index >= 15 is 0 Å². The zero-order chi connectivity index (χ0) is 26.9. The highest BCUT2D eigenvalue weighted by Gasteiger charge is 2.20. The maximum Gasteiger partial charge on any atom is 0.258 e. The highest BCUT2D eigenvalue weighted by atomic mass is 16.5. The fourth-order valence-corrected chi connectivity index (χ4v) is 4.50. The molecule has 3 aromatic carbocycles. The second-order valence-electron chi connectivity index (χ2n) is 9.06. The minimum atomic E-state index is -0.127. The van der Waals surface area contributed by atoms with Crippen LogP contribution in [0, 0.1) is 0 Å². The van der Waals surface area contributed by atoms with Crippen LogP contribution in [-0.4, -0.2) is 32.5 Å². The average molecular weight is 510 g/mol. The maximum atomic E-state index is 13.6. The smallest absolute Gasteiger partial charge is 0.258 e. The van der Waals surface area contributed by atoms with Crippen molar-refractivity contribution in [3.63, 3.8) is 0 Å². The molecular formula is C32H33N2O4+. The Bertz CT molecular complexity index is 1390. The van der Waals surface area contributed by atoms with Gasteiger partial charge in [0.1, 0.15) is 0 Å². The fraction of sp³-hybridized carbons (Fsp3) is 0.219. The number of benzene rings is 3. The van der Waals surface area contributed by atoms with Gasteiger partial charge in [-0.05, 0) is 55.7 Å². The highest BCUT2D eigenvalue weighted by Crippen LogP contribution is 2.29. The molecule has 4 rings (SSSR count). The van der Waals surface area contributed by atoms with Gasteiger partial charge < -0.3 is 14.4 Å².